The van der Waals surface area contributed by atoms with E-state index in [1.54, 1.807) is 0 Å². The van der Waals surface area contributed by atoms with Gasteiger partial charge in [0.25, 0.3) is 0 Å². The summed E-state index contributed by atoms with van der Waals surface area (Å²) in [6.07, 6.45) is 1.33. The lowest BCUT2D eigenvalue weighted by Crippen LogP contribution is -1.93. The molecule has 5 nitrogen and oxygen atoms in total. The lowest BCUT2D eigenvalue weighted by molar-refractivity contribution is 0.351. The van der Waals surface area contributed by atoms with Gasteiger partial charge in [-0.15, -0.1) is 0 Å². The van der Waals surface area contributed by atoms with Crippen LogP contribution in [0, 0.1) is 5.82 Å². The SMILES string of the molecule is COc1c(O)c(-c2cnoc2N)cc(Br)c1F. The van der Waals surface area contributed by atoms with Crippen molar-refractivity contribution in [3.05, 3.63) is 22.6 Å². The number of benzene rings is 1. The quantitative estimate of drug-likeness (QED) is 0.891. The molecule has 1 aromatic carbocycles. The summed E-state index contributed by atoms with van der Waals surface area (Å²) < 4.78 is 23.2. The normalized spacial score (nSPS) is 10.5. The Morgan fingerprint density at radius 1 is 1.53 bits per heavy atom. The summed E-state index contributed by atoms with van der Waals surface area (Å²) >= 11 is 3.02. The summed E-state index contributed by atoms with van der Waals surface area (Å²) in [4.78, 5) is 0. The summed E-state index contributed by atoms with van der Waals surface area (Å²) in [5.41, 5.74) is 6.17. The molecule has 3 N–H and O–H groups in total. The highest BCUT2D eigenvalue weighted by molar-refractivity contribution is 9.10. The summed E-state index contributed by atoms with van der Waals surface area (Å²) in [5.74, 6) is -1.29. The van der Waals surface area contributed by atoms with Gasteiger partial charge >= 0.3 is 0 Å². The van der Waals surface area contributed by atoms with Crippen molar-refractivity contribution in [1.82, 2.24) is 5.16 Å². The van der Waals surface area contributed by atoms with Crippen LogP contribution < -0.4 is 10.5 Å². The smallest absolute Gasteiger partial charge is 0.230 e. The third-order valence-corrected chi connectivity index (χ3v) is 2.82. The van der Waals surface area contributed by atoms with Crippen molar-refractivity contribution in [1.29, 1.82) is 0 Å². The molecule has 0 radical (unpaired) electrons. The maximum atomic E-state index is 13.6. The third kappa shape index (κ3) is 1.82. The Kier molecular flexibility index (Phi) is 2.93. The van der Waals surface area contributed by atoms with E-state index in [2.05, 4.69) is 25.6 Å². The molecule has 0 unspecified atom stereocenters. The fourth-order valence-electron chi connectivity index (χ4n) is 1.44. The predicted molar refractivity (Wildman–Crippen MR) is 62.2 cm³/mol. The number of hydrogen-bond acceptors (Lipinski definition) is 5. The van der Waals surface area contributed by atoms with Crippen molar-refractivity contribution >= 4 is 21.8 Å². The van der Waals surface area contributed by atoms with Crippen LogP contribution in [-0.4, -0.2) is 17.4 Å². The lowest BCUT2D eigenvalue weighted by Gasteiger charge is -2.10. The van der Waals surface area contributed by atoms with E-state index in [1.165, 1.54) is 19.4 Å². The minimum absolute atomic E-state index is 0.0286. The molecular formula is C10H8BrFN2O3. The van der Waals surface area contributed by atoms with Gasteiger partial charge in [-0.25, -0.2) is 4.39 Å². The Hall–Kier alpha value is -1.76. The Morgan fingerprint density at radius 3 is 2.76 bits per heavy atom. The first-order chi connectivity index (χ1) is 8.06. The molecule has 17 heavy (non-hydrogen) atoms. The van der Waals surface area contributed by atoms with Crippen LogP contribution in [0.15, 0.2) is 21.3 Å². The topological polar surface area (TPSA) is 81.5 Å². The van der Waals surface area contributed by atoms with E-state index >= 15 is 0 Å². The number of methoxy groups -OCH3 is 1. The maximum Gasteiger partial charge on any atom is 0.230 e. The van der Waals surface area contributed by atoms with Crippen LogP contribution >= 0.6 is 15.9 Å². The van der Waals surface area contributed by atoms with Gasteiger partial charge in [-0.05, 0) is 22.0 Å². The van der Waals surface area contributed by atoms with Gasteiger partial charge in [0.2, 0.25) is 5.88 Å². The second-order valence-corrected chi connectivity index (χ2v) is 4.06. The molecule has 0 spiro atoms. The molecule has 0 fully saturated rings. The van der Waals surface area contributed by atoms with Crippen LogP contribution in [0.5, 0.6) is 11.5 Å². The number of phenolic OH excluding ortho intramolecular Hbond substituents is 1. The summed E-state index contributed by atoms with van der Waals surface area (Å²) in [6, 6.07) is 1.37. The Bertz CT molecular complexity index is 571. The highest BCUT2D eigenvalue weighted by atomic mass is 79.9. The number of ether oxygens (including phenoxy) is 1. The van der Waals surface area contributed by atoms with Crippen LogP contribution in [0.25, 0.3) is 11.1 Å². The van der Waals surface area contributed by atoms with Gasteiger partial charge in [0.05, 0.1) is 23.3 Å². The summed E-state index contributed by atoms with van der Waals surface area (Å²) in [6.45, 7) is 0. The Balaban J connectivity index is 2.72. The number of nitrogens with zero attached hydrogens (tertiary/aromatic N) is 1. The molecule has 7 heteroatoms. The van der Waals surface area contributed by atoms with E-state index in [0.717, 1.165) is 0 Å². The van der Waals surface area contributed by atoms with E-state index in [4.69, 9.17) is 10.5 Å². The first-order valence-corrected chi connectivity index (χ1v) is 5.31. The van der Waals surface area contributed by atoms with Crippen LogP contribution in [0.1, 0.15) is 0 Å². The molecule has 0 aliphatic heterocycles. The molecule has 0 aliphatic carbocycles. The highest BCUT2D eigenvalue weighted by Crippen LogP contribution is 2.43. The van der Waals surface area contributed by atoms with E-state index in [9.17, 15) is 9.50 Å². The first-order valence-electron chi connectivity index (χ1n) is 4.51. The molecule has 0 bridgehead atoms. The number of nitrogens with two attached hydrogens (primary N) is 1. The molecule has 0 atom stereocenters. The molecule has 1 heterocycles. The molecule has 2 aromatic rings. The molecule has 0 aliphatic rings. The first kappa shape index (κ1) is 11.7. The molecular weight excluding hydrogens is 295 g/mol. The van der Waals surface area contributed by atoms with Crippen molar-refractivity contribution in [2.24, 2.45) is 0 Å². The van der Waals surface area contributed by atoms with Gasteiger partial charge in [-0.1, -0.05) is 5.16 Å². The fourth-order valence-corrected chi connectivity index (χ4v) is 1.84. The standard InChI is InChI=1S/C10H8BrFN2O3/c1-16-9-7(12)6(11)2-4(8(9)15)5-3-14-17-10(5)13/h2-3,15H,13H2,1H3. The molecule has 2 rings (SSSR count). The molecule has 0 saturated carbocycles. The minimum Gasteiger partial charge on any atom is -0.504 e. The monoisotopic (exact) mass is 302 g/mol. The van der Waals surface area contributed by atoms with Gasteiger partial charge < -0.3 is 20.1 Å². The van der Waals surface area contributed by atoms with Crippen LogP contribution in [0.4, 0.5) is 10.3 Å². The van der Waals surface area contributed by atoms with Crippen molar-refractivity contribution < 1.29 is 18.8 Å². The fraction of sp³-hybridized carbons (Fsp3) is 0.100. The zero-order valence-corrected chi connectivity index (χ0v) is 10.3. The van der Waals surface area contributed by atoms with Gasteiger partial charge in [0.1, 0.15) is 0 Å². The van der Waals surface area contributed by atoms with Crippen LogP contribution in [-0.2, 0) is 0 Å². The number of halogens is 2. The Labute approximate surface area is 104 Å². The number of hydrogen-bond donors (Lipinski definition) is 2. The van der Waals surface area contributed by atoms with Crippen molar-refractivity contribution in [2.75, 3.05) is 12.8 Å². The minimum atomic E-state index is -0.691. The highest BCUT2D eigenvalue weighted by Gasteiger charge is 2.21. The molecule has 0 saturated heterocycles. The second-order valence-electron chi connectivity index (χ2n) is 3.21. The average Bonchev–Trinajstić information content (AvgIpc) is 2.71. The second kappa shape index (κ2) is 4.25. The maximum absolute atomic E-state index is 13.6. The summed E-state index contributed by atoms with van der Waals surface area (Å²) in [5, 5.41) is 13.4. The van der Waals surface area contributed by atoms with Crippen LogP contribution in [0.3, 0.4) is 0 Å². The van der Waals surface area contributed by atoms with E-state index < -0.39 is 5.82 Å². The van der Waals surface area contributed by atoms with Gasteiger partial charge in [0.15, 0.2) is 17.3 Å². The van der Waals surface area contributed by atoms with Gasteiger partial charge in [0, 0.05) is 5.56 Å². The average molecular weight is 303 g/mol. The van der Waals surface area contributed by atoms with Crippen molar-refractivity contribution in [3.8, 4) is 22.6 Å². The largest absolute Gasteiger partial charge is 0.504 e. The molecule has 0 amide bonds. The number of nitrogen functional groups attached to an aromatic ring is 1. The number of rotatable bonds is 2. The van der Waals surface area contributed by atoms with Gasteiger partial charge in [-0.2, -0.15) is 0 Å². The number of anilines is 1. The van der Waals surface area contributed by atoms with E-state index in [0.29, 0.717) is 5.56 Å². The van der Waals surface area contributed by atoms with Crippen LogP contribution in [0.2, 0.25) is 0 Å². The zero-order valence-electron chi connectivity index (χ0n) is 8.70. The Morgan fingerprint density at radius 2 is 2.24 bits per heavy atom. The van der Waals surface area contributed by atoms with Crippen molar-refractivity contribution in [2.45, 2.75) is 0 Å². The lowest BCUT2D eigenvalue weighted by atomic mass is 10.1. The number of phenols is 1. The molecule has 1 aromatic heterocycles. The van der Waals surface area contributed by atoms with E-state index in [1.807, 2.05) is 0 Å². The molecule has 90 valence electrons. The van der Waals surface area contributed by atoms with E-state index in [-0.39, 0.29) is 27.4 Å². The predicted octanol–water partition coefficient (Wildman–Crippen LogP) is 2.54. The zero-order chi connectivity index (χ0) is 12.6. The summed E-state index contributed by atoms with van der Waals surface area (Å²) in [7, 11) is 1.26. The van der Waals surface area contributed by atoms with Crippen molar-refractivity contribution in [3.63, 3.8) is 0 Å². The third-order valence-electron chi connectivity index (χ3n) is 2.24. The number of aromatic nitrogens is 1. The van der Waals surface area contributed by atoms with Gasteiger partial charge in [-0.3, -0.25) is 0 Å². The number of aromatic hydroxyl groups is 1.